The zero-order valence-corrected chi connectivity index (χ0v) is 26.6. The Morgan fingerprint density at radius 1 is 0.952 bits per heavy atom. The molecule has 1 fully saturated rings. The number of hydrogen-bond donors (Lipinski definition) is 1. The average molecular weight is 651 g/mol. The van der Waals surface area contributed by atoms with Crippen molar-refractivity contribution < 1.29 is 18.0 Å². The molecule has 2 amide bonds. The lowest BCUT2D eigenvalue weighted by Crippen LogP contribution is -2.54. The van der Waals surface area contributed by atoms with Crippen molar-refractivity contribution in [3.63, 3.8) is 0 Å². The summed E-state index contributed by atoms with van der Waals surface area (Å²) in [5.74, 6) is -0.898. The molecule has 42 heavy (non-hydrogen) atoms. The van der Waals surface area contributed by atoms with Crippen LogP contribution in [-0.2, 0) is 32.6 Å². The Morgan fingerprint density at radius 3 is 2.21 bits per heavy atom. The third-order valence-electron chi connectivity index (χ3n) is 7.48. The molecule has 0 bridgehead atoms. The first-order chi connectivity index (χ1) is 19.9. The van der Waals surface area contributed by atoms with Crippen molar-refractivity contribution in [3.05, 3.63) is 98.5 Å². The van der Waals surface area contributed by atoms with E-state index in [-0.39, 0.29) is 30.6 Å². The first-order valence-electron chi connectivity index (χ1n) is 13.7. The number of carbonyl (C=O) groups is 2. The van der Waals surface area contributed by atoms with Crippen molar-refractivity contribution in [1.82, 2.24) is 10.2 Å². The topological polar surface area (TPSA) is 86.8 Å². The average Bonchev–Trinajstić information content (AvgIpc) is 3.45. The zero-order valence-electron chi connectivity index (χ0n) is 23.5. The number of sulfonamides is 1. The normalized spacial score (nSPS) is 14.4. The third kappa shape index (κ3) is 8.19. The number of nitrogens with one attached hydrogen (secondary N) is 1. The molecule has 0 unspecified atom stereocenters. The molecule has 0 radical (unpaired) electrons. The fourth-order valence-electron chi connectivity index (χ4n) is 5.22. The Balaban J connectivity index is 1.78. The molecule has 1 atom stereocenters. The highest BCUT2D eigenvalue weighted by molar-refractivity contribution is 7.92. The Bertz CT molecular complexity index is 1510. The van der Waals surface area contributed by atoms with Gasteiger partial charge in [-0.1, -0.05) is 90.1 Å². The van der Waals surface area contributed by atoms with Gasteiger partial charge in [-0.05, 0) is 55.2 Å². The van der Waals surface area contributed by atoms with Gasteiger partial charge in [-0.3, -0.25) is 13.9 Å². The molecule has 1 aliphatic rings. The SMILES string of the molecule is Cc1ccc(Cl)cc1N(CC(=O)N(Cc1c(Cl)cccc1Cl)[C@H](Cc1ccccc1)C(=O)NC1CCCC1)S(C)(=O)=O. The minimum atomic E-state index is -3.92. The highest BCUT2D eigenvalue weighted by atomic mass is 35.5. The second-order valence-electron chi connectivity index (χ2n) is 10.6. The smallest absolute Gasteiger partial charge is 0.244 e. The molecule has 0 spiro atoms. The third-order valence-corrected chi connectivity index (χ3v) is 9.55. The summed E-state index contributed by atoms with van der Waals surface area (Å²) in [7, 11) is -3.92. The molecule has 0 aromatic heterocycles. The van der Waals surface area contributed by atoms with Gasteiger partial charge in [0.05, 0.1) is 11.9 Å². The van der Waals surface area contributed by atoms with Gasteiger partial charge in [-0.15, -0.1) is 0 Å². The van der Waals surface area contributed by atoms with Crippen LogP contribution < -0.4 is 9.62 Å². The van der Waals surface area contributed by atoms with E-state index in [1.165, 1.54) is 11.0 Å². The summed E-state index contributed by atoms with van der Waals surface area (Å²) in [5, 5.41) is 4.13. The lowest BCUT2D eigenvalue weighted by Gasteiger charge is -2.34. The molecule has 0 aliphatic heterocycles. The number of benzene rings is 3. The number of nitrogens with zero attached hydrogens (tertiary/aromatic N) is 2. The van der Waals surface area contributed by atoms with Gasteiger partial charge >= 0.3 is 0 Å². The number of halogens is 3. The first-order valence-corrected chi connectivity index (χ1v) is 16.7. The molecule has 0 saturated heterocycles. The van der Waals surface area contributed by atoms with E-state index in [4.69, 9.17) is 34.8 Å². The van der Waals surface area contributed by atoms with Crippen LogP contribution in [0.3, 0.4) is 0 Å². The standard InChI is InChI=1S/C31H34Cl3N3O4S/c1-21-15-16-23(32)18-28(21)37(42(2,40)41)20-30(38)36(19-25-26(33)13-8-14-27(25)34)29(17-22-9-4-3-5-10-22)31(39)35-24-11-6-7-12-24/h3-5,8-10,13-16,18,24,29H,6-7,11-12,17,19-20H2,1-2H3,(H,35,39)/t29-/m1/s1. The van der Waals surface area contributed by atoms with Crippen molar-refractivity contribution in [1.29, 1.82) is 0 Å². The van der Waals surface area contributed by atoms with E-state index in [2.05, 4.69) is 5.32 Å². The van der Waals surface area contributed by atoms with Crippen LogP contribution in [0.25, 0.3) is 0 Å². The maximum absolute atomic E-state index is 14.3. The van der Waals surface area contributed by atoms with Crippen LogP contribution in [0.1, 0.15) is 42.4 Å². The molecule has 3 aromatic rings. The maximum atomic E-state index is 14.3. The molecule has 4 rings (SSSR count). The largest absolute Gasteiger partial charge is 0.352 e. The summed E-state index contributed by atoms with van der Waals surface area (Å²) in [6.07, 6.45) is 5.02. The highest BCUT2D eigenvalue weighted by Gasteiger charge is 2.35. The van der Waals surface area contributed by atoms with Gasteiger partial charge in [0.25, 0.3) is 0 Å². The predicted octanol–water partition coefficient (Wildman–Crippen LogP) is 6.42. The molecule has 0 heterocycles. The molecule has 1 saturated carbocycles. The Labute approximate surface area is 262 Å². The fourth-order valence-corrected chi connectivity index (χ4v) is 6.80. The molecule has 224 valence electrons. The number of hydrogen-bond acceptors (Lipinski definition) is 4. The van der Waals surface area contributed by atoms with Gasteiger partial charge in [0.1, 0.15) is 12.6 Å². The monoisotopic (exact) mass is 649 g/mol. The van der Waals surface area contributed by atoms with Crippen LogP contribution in [0.5, 0.6) is 0 Å². The predicted molar refractivity (Wildman–Crippen MR) is 170 cm³/mol. The van der Waals surface area contributed by atoms with Crippen LogP contribution in [0.15, 0.2) is 66.7 Å². The van der Waals surface area contributed by atoms with E-state index >= 15 is 0 Å². The fraction of sp³-hybridized carbons (Fsp3) is 0.355. The van der Waals surface area contributed by atoms with Crippen LogP contribution >= 0.6 is 34.8 Å². The molecule has 7 nitrogen and oxygen atoms in total. The van der Waals surface area contributed by atoms with E-state index in [0.29, 0.717) is 26.2 Å². The zero-order chi connectivity index (χ0) is 30.4. The van der Waals surface area contributed by atoms with Crippen LogP contribution in [0.4, 0.5) is 5.69 Å². The van der Waals surface area contributed by atoms with Crippen molar-refractivity contribution in [2.45, 2.75) is 57.7 Å². The van der Waals surface area contributed by atoms with Crippen LogP contribution in [0, 0.1) is 6.92 Å². The van der Waals surface area contributed by atoms with Gasteiger partial charge in [0, 0.05) is 39.6 Å². The van der Waals surface area contributed by atoms with Crippen LogP contribution in [0.2, 0.25) is 15.1 Å². The summed E-state index contributed by atoms with van der Waals surface area (Å²) in [4.78, 5) is 29.6. The van der Waals surface area contributed by atoms with E-state index in [1.807, 2.05) is 30.3 Å². The summed E-state index contributed by atoms with van der Waals surface area (Å²) in [6.45, 7) is 1.09. The van der Waals surface area contributed by atoms with Crippen molar-refractivity contribution in [2.75, 3.05) is 17.1 Å². The first kappa shape index (κ1) is 32.1. The molecule has 11 heteroatoms. The second kappa shape index (κ2) is 14.1. The van der Waals surface area contributed by atoms with Crippen LogP contribution in [-0.4, -0.2) is 50.0 Å². The Hall–Kier alpha value is -2.78. The Kier molecular flexibility index (Phi) is 10.8. The quantitative estimate of drug-likeness (QED) is 0.260. The molecular weight excluding hydrogens is 617 g/mol. The van der Waals surface area contributed by atoms with Crippen molar-refractivity contribution >= 4 is 62.3 Å². The number of amides is 2. The number of carbonyl (C=O) groups excluding carboxylic acids is 2. The molecule has 1 N–H and O–H groups in total. The molecule has 3 aromatic carbocycles. The lowest BCUT2D eigenvalue weighted by atomic mass is 10.0. The number of aryl methyl sites for hydroxylation is 1. The summed E-state index contributed by atoms with van der Waals surface area (Å²) in [5.41, 5.74) is 2.21. The Morgan fingerprint density at radius 2 is 1.60 bits per heavy atom. The van der Waals surface area contributed by atoms with Crippen molar-refractivity contribution in [2.24, 2.45) is 0 Å². The summed E-state index contributed by atoms with van der Waals surface area (Å²) < 4.78 is 27.1. The van der Waals surface area contributed by atoms with E-state index < -0.39 is 28.5 Å². The highest BCUT2D eigenvalue weighted by Crippen LogP contribution is 2.30. The maximum Gasteiger partial charge on any atom is 0.244 e. The summed E-state index contributed by atoms with van der Waals surface area (Å²) in [6, 6.07) is 18.3. The van der Waals surface area contributed by atoms with E-state index in [9.17, 15) is 18.0 Å². The number of anilines is 1. The minimum absolute atomic E-state index is 0.0123. The number of rotatable bonds is 11. The van der Waals surface area contributed by atoms with Crippen molar-refractivity contribution in [3.8, 4) is 0 Å². The van der Waals surface area contributed by atoms with Gasteiger partial charge in [0.2, 0.25) is 21.8 Å². The van der Waals surface area contributed by atoms with E-state index in [1.54, 1.807) is 37.3 Å². The lowest BCUT2D eigenvalue weighted by molar-refractivity contribution is -0.140. The minimum Gasteiger partial charge on any atom is -0.352 e. The van der Waals surface area contributed by atoms with Gasteiger partial charge in [0.15, 0.2) is 0 Å². The van der Waals surface area contributed by atoms with Gasteiger partial charge < -0.3 is 10.2 Å². The van der Waals surface area contributed by atoms with Gasteiger partial charge in [-0.2, -0.15) is 0 Å². The summed E-state index contributed by atoms with van der Waals surface area (Å²) >= 11 is 19.3. The second-order valence-corrected chi connectivity index (χ2v) is 13.8. The van der Waals surface area contributed by atoms with Gasteiger partial charge in [-0.25, -0.2) is 8.42 Å². The van der Waals surface area contributed by atoms with E-state index in [0.717, 1.165) is 41.8 Å². The molecule has 1 aliphatic carbocycles. The molecular formula is C31H34Cl3N3O4S.